The number of carbonyl (C=O) groups is 1. The average molecular weight is 611 g/mol. The molecule has 2 heterocycles. The van der Waals surface area contributed by atoms with E-state index in [4.69, 9.17) is 0 Å². The van der Waals surface area contributed by atoms with Gasteiger partial charge in [0.05, 0.1) is 34.0 Å². The van der Waals surface area contributed by atoms with Crippen molar-refractivity contribution >= 4 is 21.7 Å². The summed E-state index contributed by atoms with van der Waals surface area (Å²) in [4.78, 5) is 17.7. The van der Waals surface area contributed by atoms with E-state index in [1.165, 1.54) is 16.7 Å². The van der Waals surface area contributed by atoms with Crippen molar-refractivity contribution in [3.63, 3.8) is 0 Å². The lowest BCUT2D eigenvalue weighted by atomic mass is 9.97. The zero-order valence-corrected chi connectivity index (χ0v) is 24.6. The summed E-state index contributed by atoms with van der Waals surface area (Å²) in [5, 5.41) is 11.8. The molecule has 8 heteroatoms. The molecule has 7 rings (SSSR count). The number of fused-ring (bicyclic) bond motifs is 1. The third-order valence-electron chi connectivity index (χ3n) is 8.01. The Hall–Kier alpha value is -5.57. The molecule has 1 aromatic heterocycles. The van der Waals surface area contributed by atoms with E-state index in [0.717, 1.165) is 22.3 Å². The third kappa shape index (κ3) is 5.16. The van der Waals surface area contributed by atoms with Gasteiger partial charge in [-0.15, -0.1) is 0 Å². The number of amides is 1. The monoisotopic (exact) mass is 610 g/mol. The SMILES string of the molecule is O=C1N=C(c2ccc(-c3ccccc3)cc2)c2c1c(-c1ccc(-c3ccccc3)cc1)n(Cc1ccccc1S(=O)(=O)O)c2O. The van der Waals surface area contributed by atoms with Crippen LogP contribution < -0.4 is 0 Å². The molecule has 0 atom stereocenters. The topological polar surface area (TPSA) is 109 Å². The van der Waals surface area contributed by atoms with E-state index >= 15 is 0 Å². The highest BCUT2D eigenvalue weighted by atomic mass is 32.2. The van der Waals surface area contributed by atoms with E-state index in [9.17, 15) is 22.9 Å². The van der Waals surface area contributed by atoms with Crippen LogP contribution in [0.3, 0.4) is 0 Å². The largest absolute Gasteiger partial charge is 0.494 e. The van der Waals surface area contributed by atoms with Crippen LogP contribution in [0.2, 0.25) is 0 Å². The fourth-order valence-corrected chi connectivity index (χ4v) is 6.59. The van der Waals surface area contributed by atoms with Crippen LogP contribution in [0.1, 0.15) is 27.0 Å². The van der Waals surface area contributed by atoms with Gasteiger partial charge in [-0.1, -0.05) is 127 Å². The Bertz CT molecular complexity index is 2200. The minimum absolute atomic E-state index is 0.127. The Morgan fingerprint density at radius 1 is 0.578 bits per heavy atom. The predicted molar refractivity (Wildman–Crippen MR) is 174 cm³/mol. The van der Waals surface area contributed by atoms with E-state index in [1.807, 2.05) is 109 Å². The van der Waals surface area contributed by atoms with Gasteiger partial charge in [-0.25, -0.2) is 4.99 Å². The van der Waals surface area contributed by atoms with Crippen molar-refractivity contribution in [2.24, 2.45) is 4.99 Å². The zero-order valence-electron chi connectivity index (χ0n) is 23.8. The molecule has 0 saturated heterocycles. The summed E-state index contributed by atoms with van der Waals surface area (Å²) in [6.45, 7) is -0.127. The van der Waals surface area contributed by atoms with Crippen LogP contribution in [-0.4, -0.2) is 34.3 Å². The van der Waals surface area contributed by atoms with E-state index in [0.29, 0.717) is 22.5 Å². The van der Waals surface area contributed by atoms with E-state index in [2.05, 4.69) is 4.99 Å². The minimum atomic E-state index is -4.55. The molecule has 1 amide bonds. The van der Waals surface area contributed by atoms with Crippen LogP contribution in [0.15, 0.2) is 143 Å². The molecule has 1 aliphatic heterocycles. The van der Waals surface area contributed by atoms with Crippen molar-refractivity contribution in [1.29, 1.82) is 0 Å². The summed E-state index contributed by atoms with van der Waals surface area (Å²) in [6, 6.07) is 41.0. The molecular formula is C37H26N2O5S. The molecule has 6 aromatic rings. The predicted octanol–water partition coefficient (Wildman–Crippen LogP) is 7.48. The first kappa shape index (κ1) is 28.2. The van der Waals surface area contributed by atoms with Crippen LogP contribution in [0.25, 0.3) is 33.5 Å². The number of hydrogen-bond acceptors (Lipinski definition) is 4. The number of rotatable bonds is 7. The minimum Gasteiger partial charge on any atom is -0.494 e. The molecular weight excluding hydrogens is 584 g/mol. The fourth-order valence-electron chi connectivity index (χ4n) is 5.87. The summed E-state index contributed by atoms with van der Waals surface area (Å²) in [5.74, 6) is -0.736. The third-order valence-corrected chi connectivity index (χ3v) is 8.96. The van der Waals surface area contributed by atoms with E-state index in [1.54, 1.807) is 12.1 Å². The summed E-state index contributed by atoms with van der Waals surface area (Å²) in [5.41, 5.74) is 6.81. The van der Waals surface area contributed by atoms with Gasteiger partial charge < -0.3 is 9.67 Å². The Morgan fingerprint density at radius 2 is 1.04 bits per heavy atom. The van der Waals surface area contributed by atoms with Crippen molar-refractivity contribution < 1.29 is 22.9 Å². The highest BCUT2D eigenvalue weighted by molar-refractivity contribution is 7.85. The first-order valence-corrected chi connectivity index (χ1v) is 15.7. The number of carbonyl (C=O) groups excluding carboxylic acids is 1. The lowest BCUT2D eigenvalue weighted by molar-refractivity contribution is 0.101. The summed E-state index contributed by atoms with van der Waals surface area (Å²) in [6.07, 6.45) is 0. The Kier molecular flexibility index (Phi) is 7.00. The molecule has 220 valence electrons. The first-order chi connectivity index (χ1) is 21.8. The molecule has 0 fully saturated rings. The number of nitrogens with zero attached hydrogens (tertiary/aromatic N) is 2. The van der Waals surface area contributed by atoms with Gasteiger partial charge in [0.1, 0.15) is 0 Å². The van der Waals surface area contributed by atoms with Gasteiger partial charge in [-0.05, 0) is 39.4 Å². The highest BCUT2D eigenvalue weighted by Crippen LogP contribution is 2.42. The molecule has 2 N–H and O–H groups in total. The van der Waals surface area contributed by atoms with Crippen molar-refractivity contribution in [2.75, 3.05) is 0 Å². The molecule has 5 aromatic carbocycles. The van der Waals surface area contributed by atoms with Gasteiger partial charge in [0.2, 0.25) is 5.88 Å². The molecule has 0 spiro atoms. The van der Waals surface area contributed by atoms with Gasteiger partial charge in [0.15, 0.2) is 0 Å². The molecule has 45 heavy (non-hydrogen) atoms. The quantitative estimate of drug-likeness (QED) is 0.182. The van der Waals surface area contributed by atoms with Crippen LogP contribution in [0.4, 0.5) is 0 Å². The Morgan fingerprint density at radius 3 is 1.60 bits per heavy atom. The molecule has 1 aliphatic rings. The standard InChI is InChI=1S/C37H26N2O5S/c40-36-33-32(34(38-36)28-19-15-26(16-20-28)24-9-3-1-4-10-24)37(41)39(23-30-13-7-8-14-31(30)45(42,43)44)35(33)29-21-17-27(18-22-29)25-11-5-2-6-12-25/h1-22,41H,23H2,(H,42,43,44). The summed E-state index contributed by atoms with van der Waals surface area (Å²) < 4.78 is 35.9. The van der Waals surface area contributed by atoms with Crippen molar-refractivity contribution in [2.45, 2.75) is 11.4 Å². The van der Waals surface area contributed by atoms with Crippen LogP contribution >= 0.6 is 0 Å². The van der Waals surface area contributed by atoms with Gasteiger partial charge in [0.25, 0.3) is 16.0 Å². The summed E-state index contributed by atoms with van der Waals surface area (Å²) >= 11 is 0. The van der Waals surface area contributed by atoms with Crippen LogP contribution in [0.5, 0.6) is 5.88 Å². The second-order valence-corrected chi connectivity index (χ2v) is 12.1. The van der Waals surface area contributed by atoms with Crippen LogP contribution in [0, 0.1) is 0 Å². The van der Waals surface area contributed by atoms with E-state index < -0.39 is 16.0 Å². The highest BCUT2D eigenvalue weighted by Gasteiger charge is 2.36. The average Bonchev–Trinajstić information content (AvgIpc) is 3.55. The molecule has 0 aliphatic carbocycles. The maximum absolute atomic E-state index is 13.6. The first-order valence-electron chi connectivity index (χ1n) is 14.3. The normalized spacial score (nSPS) is 12.6. The number of aromatic nitrogens is 1. The van der Waals surface area contributed by atoms with Crippen molar-refractivity contribution in [3.05, 3.63) is 156 Å². The number of hydrogen-bond donors (Lipinski definition) is 2. The van der Waals surface area contributed by atoms with Crippen molar-refractivity contribution in [3.8, 4) is 39.4 Å². The summed E-state index contributed by atoms with van der Waals surface area (Å²) in [7, 11) is -4.55. The van der Waals surface area contributed by atoms with Crippen molar-refractivity contribution in [1.82, 2.24) is 4.57 Å². The molecule has 0 saturated carbocycles. The number of aromatic hydroxyl groups is 1. The lowest BCUT2D eigenvalue weighted by Gasteiger charge is -2.15. The maximum Gasteiger partial charge on any atom is 0.294 e. The Labute approximate surface area is 260 Å². The fraction of sp³-hybridized carbons (Fsp3) is 0.0270. The smallest absolute Gasteiger partial charge is 0.294 e. The van der Waals surface area contributed by atoms with Gasteiger partial charge in [-0.3, -0.25) is 9.35 Å². The van der Waals surface area contributed by atoms with Gasteiger partial charge in [0, 0.05) is 5.56 Å². The van der Waals surface area contributed by atoms with Gasteiger partial charge in [-0.2, -0.15) is 8.42 Å². The molecule has 0 bridgehead atoms. The van der Waals surface area contributed by atoms with Gasteiger partial charge >= 0.3 is 0 Å². The molecule has 0 unspecified atom stereocenters. The number of benzene rings is 5. The molecule has 0 radical (unpaired) electrons. The second-order valence-electron chi connectivity index (χ2n) is 10.7. The second kappa shape index (κ2) is 11.2. The lowest BCUT2D eigenvalue weighted by Crippen LogP contribution is -2.09. The maximum atomic E-state index is 13.6. The van der Waals surface area contributed by atoms with E-state index in [-0.39, 0.29) is 34.0 Å². The Balaban J connectivity index is 1.37. The number of aliphatic imine (C=N–C) groups is 1. The zero-order chi connectivity index (χ0) is 31.1. The van der Waals surface area contributed by atoms with Crippen LogP contribution in [-0.2, 0) is 16.7 Å². The molecule has 7 nitrogen and oxygen atoms in total.